The van der Waals surface area contributed by atoms with Gasteiger partial charge >= 0.3 is 0 Å². The summed E-state index contributed by atoms with van der Waals surface area (Å²) in [5.74, 6) is -0.0430. The van der Waals surface area contributed by atoms with E-state index in [9.17, 15) is 4.79 Å². The number of aromatic nitrogens is 3. The fourth-order valence-electron chi connectivity index (χ4n) is 3.35. The fraction of sp³-hybridized carbons (Fsp3) is 0.174. The first-order valence-corrected chi connectivity index (χ1v) is 10.4. The first-order valence-electron chi connectivity index (χ1n) is 9.55. The second-order valence-electron chi connectivity index (χ2n) is 6.67. The Morgan fingerprint density at radius 3 is 2.76 bits per heavy atom. The van der Waals surface area contributed by atoms with Crippen LogP contribution in [0.15, 0.2) is 72.8 Å². The van der Waals surface area contributed by atoms with E-state index in [-0.39, 0.29) is 5.91 Å². The van der Waals surface area contributed by atoms with Crippen molar-refractivity contribution in [3.8, 4) is 11.3 Å². The van der Waals surface area contributed by atoms with E-state index in [4.69, 9.17) is 4.98 Å². The Morgan fingerprint density at radius 1 is 1.24 bits per heavy atom. The van der Waals surface area contributed by atoms with Gasteiger partial charge in [-0.2, -0.15) is 5.10 Å². The lowest BCUT2D eigenvalue weighted by atomic mass is 10.1. The monoisotopic (exact) mass is 402 g/mol. The summed E-state index contributed by atoms with van der Waals surface area (Å²) in [6.07, 6.45) is 3.50. The van der Waals surface area contributed by atoms with E-state index in [1.54, 1.807) is 23.6 Å². The maximum atomic E-state index is 13.6. The van der Waals surface area contributed by atoms with Gasteiger partial charge in [0.2, 0.25) is 0 Å². The summed E-state index contributed by atoms with van der Waals surface area (Å²) in [7, 11) is 0. The summed E-state index contributed by atoms with van der Waals surface area (Å²) in [5, 5.41) is 7.24. The lowest BCUT2D eigenvalue weighted by Crippen LogP contribution is -2.30. The number of fused-ring (bicyclic) bond motifs is 1. The van der Waals surface area contributed by atoms with Gasteiger partial charge in [-0.25, -0.2) is 9.67 Å². The van der Waals surface area contributed by atoms with Crippen LogP contribution >= 0.6 is 11.3 Å². The lowest BCUT2D eigenvalue weighted by molar-refractivity contribution is 0.0766. The molecule has 3 aromatic heterocycles. The Morgan fingerprint density at radius 2 is 2.07 bits per heavy atom. The van der Waals surface area contributed by atoms with E-state index in [1.165, 1.54) is 0 Å². The molecule has 0 aliphatic heterocycles. The zero-order valence-electron chi connectivity index (χ0n) is 16.3. The molecule has 0 unspecified atom stereocenters. The Balaban J connectivity index is 1.83. The van der Waals surface area contributed by atoms with Gasteiger partial charge in [0.1, 0.15) is 0 Å². The van der Waals surface area contributed by atoms with E-state index in [0.717, 1.165) is 27.2 Å². The molecule has 4 rings (SSSR count). The van der Waals surface area contributed by atoms with Crippen molar-refractivity contribution in [3.05, 3.63) is 83.2 Å². The van der Waals surface area contributed by atoms with Gasteiger partial charge in [-0.1, -0.05) is 42.5 Å². The molecule has 0 spiro atoms. The van der Waals surface area contributed by atoms with E-state index in [2.05, 4.69) is 11.7 Å². The number of nitrogens with zero attached hydrogens (tertiary/aromatic N) is 4. The Bertz CT molecular complexity index is 1130. The summed E-state index contributed by atoms with van der Waals surface area (Å²) in [4.78, 5) is 21.3. The maximum Gasteiger partial charge on any atom is 0.255 e. The normalized spacial score (nSPS) is 10.9. The minimum absolute atomic E-state index is 0.0430. The molecule has 1 amide bonds. The predicted molar refractivity (Wildman–Crippen MR) is 118 cm³/mol. The van der Waals surface area contributed by atoms with Crippen LogP contribution in [-0.2, 0) is 13.1 Å². The van der Waals surface area contributed by atoms with Crippen LogP contribution < -0.4 is 0 Å². The van der Waals surface area contributed by atoms with E-state index in [0.29, 0.717) is 25.2 Å². The Hall–Kier alpha value is -3.25. The van der Waals surface area contributed by atoms with Gasteiger partial charge in [0.15, 0.2) is 5.65 Å². The second kappa shape index (κ2) is 8.41. The van der Waals surface area contributed by atoms with Crippen molar-refractivity contribution in [2.75, 3.05) is 6.54 Å². The topological polar surface area (TPSA) is 51.0 Å². The number of hydrogen-bond acceptors (Lipinski definition) is 4. The van der Waals surface area contributed by atoms with Gasteiger partial charge < -0.3 is 4.90 Å². The molecule has 0 fully saturated rings. The van der Waals surface area contributed by atoms with Gasteiger partial charge in [0.25, 0.3) is 5.91 Å². The van der Waals surface area contributed by atoms with Crippen molar-refractivity contribution in [3.63, 3.8) is 0 Å². The largest absolute Gasteiger partial charge is 0.330 e. The molecule has 0 N–H and O–H groups in total. The molecule has 146 valence electrons. The molecule has 0 bridgehead atoms. The van der Waals surface area contributed by atoms with E-state index < -0.39 is 0 Å². The zero-order valence-corrected chi connectivity index (χ0v) is 17.1. The summed E-state index contributed by atoms with van der Waals surface area (Å²) in [6, 6.07) is 15.8. The zero-order chi connectivity index (χ0) is 20.2. The third kappa shape index (κ3) is 3.84. The van der Waals surface area contributed by atoms with Crippen LogP contribution in [0.2, 0.25) is 0 Å². The molecule has 0 saturated heterocycles. The number of pyridine rings is 1. The third-order valence-corrected chi connectivity index (χ3v) is 5.63. The molecular weight excluding hydrogens is 380 g/mol. The average Bonchev–Trinajstić information content (AvgIpc) is 3.42. The number of benzene rings is 1. The fourth-order valence-corrected chi connectivity index (χ4v) is 4.07. The van der Waals surface area contributed by atoms with Crippen LogP contribution in [0.5, 0.6) is 0 Å². The van der Waals surface area contributed by atoms with Crippen molar-refractivity contribution in [1.29, 1.82) is 0 Å². The summed E-state index contributed by atoms with van der Waals surface area (Å²) in [6.45, 7) is 7.57. The van der Waals surface area contributed by atoms with Crippen LogP contribution in [0.4, 0.5) is 0 Å². The molecule has 6 heteroatoms. The summed E-state index contributed by atoms with van der Waals surface area (Å²) in [5.41, 5.74) is 3.09. The molecule has 29 heavy (non-hydrogen) atoms. The molecular formula is C23H22N4OS. The molecule has 0 radical (unpaired) electrons. The lowest BCUT2D eigenvalue weighted by Gasteiger charge is -2.21. The van der Waals surface area contributed by atoms with Crippen LogP contribution in [0, 0.1) is 0 Å². The van der Waals surface area contributed by atoms with Crippen LogP contribution in [-0.4, -0.2) is 32.1 Å². The minimum Gasteiger partial charge on any atom is -0.330 e. The van der Waals surface area contributed by atoms with E-state index in [1.807, 2.05) is 70.4 Å². The van der Waals surface area contributed by atoms with Crippen LogP contribution in [0.1, 0.15) is 22.2 Å². The molecule has 1 aromatic carbocycles. The molecule has 4 aromatic rings. The number of rotatable bonds is 7. The van der Waals surface area contributed by atoms with Crippen molar-refractivity contribution in [1.82, 2.24) is 19.7 Å². The third-order valence-electron chi connectivity index (χ3n) is 4.77. The predicted octanol–water partition coefficient (Wildman–Crippen LogP) is 5.01. The van der Waals surface area contributed by atoms with Gasteiger partial charge in [0, 0.05) is 23.5 Å². The van der Waals surface area contributed by atoms with Gasteiger partial charge in [-0.3, -0.25) is 4.79 Å². The van der Waals surface area contributed by atoms with Crippen LogP contribution in [0.25, 0.3) is 22.3 Å². The number of carbonyl (C=O) groups excluding carboxylic acids is 1. The SMILES string of the molecule is C=CCN(Cc1cccs1)C(=O)c1cc(-c2ccccc2)nc2c1cnn2CC. The molecule has 0 saturated carbocycles. The highest BCUT2D eigenvalue weighted by molar-refractivity contribution is 7.09. The Labute approximate surface area is 173 Å². The van der Waals surface area contributed by atoms with Gasteiger partial charge in [-0.15, -0.1) is 17.9 Å². The number of aryl methyl sites for hydroxylation is 1. The van der Waals surface area contributed by atoms with Crippen molar-refractivity contribution < 1.29 is 4.79 Å². The van der Waals surface area contributed by atoms with Crippen molar-refractivity contribution in [2.45, 2.75) is 20.0 Å². The highest BCUT2D eigenvalue weighted by atomic mass is 32.1. The van der Waals surface area contributed by atoms with Gasteiger partial charge in [-0.05, 0) is 24.4 Å². The number of thiophene rings is 1. The molecule has 5 nitrogen and oxygen atoms in total. The molecule has 3 heterocycles. The smallest absolute Gasteiger partial charge is 0.255 e. The molecule has 0 aliphatic carbocycles. The number of carbonyl (C=O) groups is 1. The number of hydrogen-bond donors (Lipinski definition) is 0. The summed E-state index contributed by atoms with van der Waals surface area (Å²) >= 11 is 1.64. The van der Waals surface area contributed by atoms with Crippen molar-refractivity contribution in [2.24, 2.45) is 0 Å². The molecule has 0 atom stereocenters. The second-order valence-corrected chi connectivity index (χ2v) is 7.70. The quantitative estimate of drug-likeness (QED) is 0.408. The van der Waals surface area contributed by atoms with Gasteiger partial charge in [0.05, 0.1) is 29.4 Å². The summed E-state index contributed by atoms with van der Waals surface area (Å²) < 4.78 is 1.83. The highest BCUT2D eigenvalue weighted by Gasteiger charge is 2.22. The first-order chi connectivity index (χ1) is 14.2. The number of amides is 1. The first kappa shape index (κ1) is 19.1. The highest BCUT2D eigenvalue weighted by Crippen LogP contribution is 2.26. The van der Waals surface area contributed by atoms with Crippen molar-refractivity contribution >= 4 is 28.3 Å². The standard InChI is InChI=1S/C23H22N4OS/c1-3-12-26(16-18-11-8-13-29-18)23(28)19-14-21(17-9-6-5-7-10-17)25-22-20(19)15-24-27(22)4-2/h3,5-11,13-15H,1,4,12,16H2,2H3. The molecule has 0 aliphatic rings. The Kier molecular flexibility index (Phi) is 5.53. The maximum absolute atomic E-state index is 13.6. The minimum atomic E-state index is -0.0430. The van der Waals surface area contributed by atoms with E-state index >= 15 is 0 Å². The average molecular weight is 403 g/mol. The van der Waals surface area contributed by atoms with Crippen LogP contribution in [0.3, 0.4) is 0 Å².